The van der Waals surface area contributed by atoms with E-state index in [1.165, 1.54) is 12.1 Å². The second kappa shape index (κ2) is 5.47. The molecule has 0 aliphatic carbocycles. The van der Waals surface area contributed by atoms with Gasteiger partial charge in [0.1, 0.15) is 5.82 Å². The van der Waals surface area contributed by atoms with Gasteiger partial charge in [-0.15, -0.1) is 0 Å². The molecule has 84 valence electrons. The molecule has 1 aromatic carbocycles. The summed E-state index contributed by atoms with van der Waals surface area (Å²) in [7, 11) is 0. The third-order valence-electron chi connectivity index (χ3n) is 2.41. The van der Waals surface area contributed by atoms with Crippen LogP contribution in [-0.4, -0.2) is 0 Å². The first-order valence-electron chi connectivity index (χ1n) is 5.21. The van der Waals surface area contributed by atoms with E-state index in [0.29, 0.717) is 16.5 Å². The Morgan fingerprint density at radius 3 is 2.60 bits per heavy atom. The van der Waals surface area contributed by atoms with Gasteiger partial charge in [-0.3, -0.25) is 0 Å². The van der Waals surface area contributed by atoms with Crippen LogP contribution in [0.25, 0.3) is 0 Å². The second-order valence-electron chi connectivity index (χ2n) is 4.24. The normalized spacial score (nSPS) is 13.2. The van der Waals surface area contributed by atoms with Crippen molar-refractivity contribution in [2.24, 2.45) is 11.7 Å². The zero-order valence-corrected chi connectivity index (χ0v) is 9.89. The van der Waals surface area contributed by atoms with Crippen LogP contribution in [0.4, 0.5) is 4.39 Å². The topological polar surface area (TPSA) is 26.0 Å². The molecule has 0 spiro atoms. The third kappa shape index (κ3) is 3.80. The first kappa shape index (κ1) is 12.5. The van der Waals surface area contributed by atoms with Gasteiger partial charge in [-0.2, -0.15) is 0 Å². The summed E-state index contributed by atoms with van der Waals surface area (Å²) in [6.07, 6.45) is 1.86. The Bertz CT molecular complexity index is 325. The third-order valence-corrected chi connectivity index (χ3v) is 2.76. The van der Waals surface area contributed by atoms with E-state index in [-0.39, 0.29) is 11.9 Å². The van der Waals surface area contributed by atoms with Crippen molar-refractivity contribution in [1.29, 1.82) is 0 Å². The molecule has 0 unspecified atom stereocenters. The van der Waals surface area contributed by atoms with Gasteiger partial charge in [0.05, 0.1) is 0 Å². The van der Waals surface area contributed by atoms with Crippen LogP contribution in [0.1, 0.15) is 38.3 Å². The second-order valence-corrected chi connectivity index (χ2v) is 4.65. The van der Waals surface area contributed by atoms with Crippen molar-refractivity contribution in [2.75, 3.05) is 0 Å². The van der Waals surface area contributed by atoms with Crippen molar-refractivity contribution in [3.05, 3.63) is 34.6 Å². The van der Waals surface area contributed by atoms with Gasteiger partial charge in [0.15, 0.2) is 0 Å². The van der Waals surface area contributed by atoms with Crippen LogP contribution in [0.15, 0.2) is 18.2 Å². The fourth-order valence-electron chi connectivity index (χ4n) is 1.47. The lowest BCUT2D eigenvalue weighted by molar-refractivity contribution is 0.505. The average Bonchev–Trinajstić information content (AvgIpc) is 2.18. The number of benzene rings is 1. The smallest absolute Gasteiger partial charge is 0.123 e. The lowest BCUT2D eigenvalue weighted by Crippen LogP contribution is -2.12. The molecule has 0 saturated heterocycles. The van der Waals surface area contributed by atoms with E-state index in [2.05, 4.69) is 13.8 Å². The Morgan fingerprint density at radius 2 is 2.00 bits per heavy atom. The molecule has 2 N–H and O–H groups in total. The summed E-state index contributed by atoms with van der Waals surface area (Å²) < 4.78 is 13.0. The summed E-state index contributed by atoms with van der Waals surface area (Å²) in [4.78, 5) is 0. The molecule has 1 aromatic rings. The van der Waals surface area contributed by atoms with E-state index >= 15 is 0 Å². The quantitative estimate of drug-likeness (QED) is 0.832. The maximum absolute atomic E-state index is 13.0. The first-order valence-corrected chi connectivity index (χ1v) is 5.59. The van der Waals surface area contributed by atoms with E-state index < -0.39 is 0 Å². The molecule has 0 aromatic heterocycles. The fraction of sp³-hybridized carbons (Fsp3) is 0.500. The van der Waals surface area contributed by atoms with Gasteiger partial charge < -0.3 is 5.73 Å². The average molecular weight is 230 g/mol. The predicted molar refractivity (Wildman–Crippen MR) is 62.4 cm³/mol. The van der Waals surface area contributed by atoms with Gasteiger partial charge in [-0.1, -0.05) is 25.4 Å². The minimum absolute atomic E-state index is 0.171. The van der Waals surface area contributed by atoms with Crippen LogP contribution in [0.5, 0.6) is 0 Å². The number of hydrogen-bond acceptors (Lipinski definition) is 1. The van der Waals surface area contributed by atoms with Crippen molar-refractivity contribution < 1.29 is 4.39 Å². The molecular weight excluding hydrogens is 213 g/mol. The Kier molecular flexibility index (Phi) is 4.55. The van der Waals surface area contributed by atoms with E-state index in [1.807, 2.05) is 0 Å². The molecule has 3 heteroatoms. The van der Waals surface area contributed by atoms with E-state index in [0.717, 1.165) is 12.8 Å². The van der Waals surface area contributed by atoms with Gasteiger partial charge in [0, 0.05) is 11.1 Å². The van der Waals surface area contributed by atoms with Gasteiger partial charge in [0.25, 0.3) is 0 Å². The standard InChI is InChI=1S/C12H17ClFN/c1-8(2)3-6-12(15)10-7-9(14)4-5-11(10)13/h4-5,7-8,12H,3,6,15H2,1-2H3/t12-/m1/s1. The Balaban J connectivity index is 2.72. The minimum atomic E-state index is -0.283. The number of halogens is 2. The summed E-state index contributed by atoms with van der Waals surface area (Å²) in [6.45, 7) is 4.28. The molecule has 0 radical (unpaired) electrons. The first-order chi connectivity index (χ1) is 7.00. The molecule has 1 atom stereocenters. The molecule has 1 nitrogen and oxygen atoms in total. The van der Waals surface area contributed by atoms with E-state index in [1.54, 1.807) is 6.07 Å². The summed E-state index contributed by atoms with van der Waals surface area (Å²) >= 11 is 5.96. The van der Waals surface area contributed by atoms with Crippen LogP contribution in [0.2, 0.25) is 5.02 Å². The minimum Gasteiger partial charge on any atom is -0.324 e. The van der Waals surface area contributed by atoms with Crippen molar-refractivity contribution in [3.63, 3.8) is 0 Å². The molecule has 0 fully saturated rings. The molecule has 0 aliphatic rings. The lowest BCUT2D eigenvalue weighted by atomic mass is 9.98. The SMILES string of the molecule is CC(C)CC[C@@H](N)c1cc(F)ccc1Cl. The molecule has 0 aliphatic heterocycles. The van der Waals surface area contributed by atoms with E-state index in [4.69, 9.17) is 17.3 Å². The Morgan fingerprint density at radius 1 is 1.33 bits per heavy atom. The van der Waals surface area contributed by atoms with Gasteiger partial charge in [-0.05, 0) is 42.5 Å². The lowest BCUT2D eigenvalue weighted by Gasteiger charge is -2.14. The molecule has 0 heterocycles. The largest absolute Gasteiger partial charge is 0.324 e. The zero-order chi connectivity index (χ0) is 11.4. The molecule has 15 heavy (non-hydrogen) atoms. The fourth-order valence-corrected chi connectivity index (χ4v) is 1.72. The van der Waals surface area contributed by atoms with Crippen LogP contribution >= 0.6 is 11.6 Å². The highest BCUT2D eigenvalue weighted by molar-refractivity contribution is 6.31. The van der Waals surface area contributed by atoms with E-state index in [9.17, 15) is 4.39 Å². The molecule has 0 amide bonds. The summed E-state index contributed by atoms with van der Waals surface area (Å²) in [5.41, 5.74) is 6.67. The number of hydrogen-bond donors (Lipinski definition) is 1. The summed E-state index contributed by atoms with van der Waals surface area (Å²) in [5, 5.41) is 0.549. The van der Waals surface area contributed by atoms with Gasteiger partial charge in [0.2, 0.25) is 0 Å². The van der Waals surface area contributed by atoms with Crippen LogP contribution in [0, 0.1) is 11.7 Å². The predicted octanol–water partition coefficient (Wildman–Crippen LogP) is 3.92. The monoisotopic (exact) mass is 229 g/mol. The van der Waals surface area contributed by atoms with Crippen molar-refractivity contribution >= 4 is 11.6 Å². The number of nitrogens with two attached hydrogens (primary N) is 1. The van der Waals surface area contributed by atoms with Gasteiger partial charge in [-0.25, -0.2) is 4.39 Å². The van der Waals surface area contributed by atoms with Crippen LogP contribution < -0.4 is 5.73 Å². The van der Waals surface area contributed by atoms with Crippen molar-refractivity contribution in [1.82, 2.24) is 0 Å². The molecule has 0 bridgehead atoms. The highest BCUT2D eigenvalue weighted by atomic mass is 35.5. The molecular formula is C12H17ClFN. The van der Waals surface area contributed by atoms with Crippen LogP contribution in [0.3, 0.4) is 0 Å². The number of rotatable bonds is 4. The zero-order valence-electron chi connectivity index (χ0n) is 9.13. The maximum Gasteiger partial charge on any atom is 0.123 e. The maximum atomic E-state index is 13.0. The van der Waals surface area contributed by atoms with Crippen LogP contribution in [-0.2, 0) is 0 Å². The van der Waals surface area contributed by atoms with Crippen molar-refractivity contribution in [2.45, 2.75) is 32.7 Å². The Hall–Kier alpha value is -0.600. The molecule has 1 rings (SSSR count). The molecule has 0 saturated carbocycles. The summed E-state index contributed by atoms with van der Waals surface area (Å²) in [5.74, 6) is 0.317. The summed E-state index contributed by atoms with van der Waals surface area (Å²) in [6, 6.07) is 4.16. The highest BCUT2D eigenvalue weighted by Crippen LogP contribution is 2.26. The Labute approximate surface area is 95.4 Å². The van der Waals surface area contributed by atoms with Crippen molar-refractivity contribution in [3.8, 4) is 0 Å². The highest BCUT2D eigenvalue weighted by Gasteiger charge is 2.11. The van der Waals surface area contributed by atoms with Gasteiger partial charge >= 0.3 is 0 Å².